The molecule has 0 aliphatic carbocycles. The highest BCUT2D eigenvalue weighted by atomic mass is 35.5. The van der Waals surface area contributed by atoms with Gasteiger partial charge in [-0.05, 0) is 36.5 Å². The summed E-state index contributed by atoms with van der Waals surface area (Å²) in [6, 6.07) is 8.15. The number of amides is 1. The maximum atomic E-state index is 12.7. The van der Waals surface area contributed by atoms with Gasteiger partial charge >= 0.3 is 0 Å². The van der Waals surface area contributed by atoms with Crippen molar-refractivity contribution >= 4 is 63.5 Å². The van der Waals surface area contributed by atoms with Crippen LogP contribution >= 0.6 is 35.4 Å². The van der Waals surface area contributed by atoms with E-state index in [4.69, 9.17) is 44.9 Å². The molecule has 10 nitrogen and oxygen atoms in total. The summed E-state index contributed by atoms with van der Waals surface area (Å²) in [5.74, 6) is -0.115. The highest BCUT2D eigenvalue weighted by Crippen LogP contribution is 2.35. The number of ether oxygens (including phenoxy) is 2. The molecule has 2 aromatic carbocycles. The topological polar surface area (TPSA) is 100 Å². The van der Waals surface area contributed by atoms with Crippen LogP contribution in [0.1, 0.15) is 10.4 Å². The van der Waals surface area contributed by atoms with Gasteiger partial charge in [0, 0.05) is 56.6 Å². The van der Waals surface area contributed by atoms with Crippen LogP contribution in [0.15, 0.2) is 30.3 Å². The molecule has 2 saturated heterocycles. The third-order valence-corrected chi connectivity index (χ3v) is 7.05. The Labute approximate surface area is 223 Å². The summed E-state index contributed by atoms with van der Waals surface area (Å²) in [6.45, 7) is 4.72. The standard InChI is InChI=1S/C23H25Cl2N5O5S/c1-34-21-17(24)12-15(13-18(21)25)22(31)26-23(36)29-6-4-27(5-7-29)16-2-3-19(30(32)33)20(14-16)28-8-10-35-11-9-28/h2-3,12-14H,4-11H2,1H3,(H,26,31,36). The minimum atomic E-state index is -0.417. The molecule has 4 rings (SSSR count). The molecule has 1 N–H and O–H groups in total. The molecule has 2 aliphatic heterocycles. The van der Waals surface area contributed by atoms with Crippen molar-refractivity contribution in [1.29, 1.82) is 0 Å². The quantitative estimate of drug-likeness (QED) is 0.338. The predicted molar refractivity (Wildman–Crippen MR) is 143 cm³/mol. The molecule has 192 valence electrons. The summed E-state index contributed by atoms with van der Waals surface area (Å²) in [7, 11) is 1.45. The number of methoxy groups -OCH3 is 1. The molecule has 1 amide bonds. The fourth-order valence-electron chi connectivity index (χ4n) is 4.22. The molecular formula is C23H25Cl2N5O5S. The molecule has 2 heterocycles. The number of rotatable bonds is 5. The van der Waals surface area contributed by atoms with E-state index in [0.29, 0.717) is 69.0 Å². The molecule has 0 unspecified atom stereocenters. The number of hydrogen-bond donors (Lipinski definition) is 1. The Morgan fingerprint density at radius 1 is 1.06 bits per heavy atom. The summed E-state index contributed by atoms with van der Waals surface area (Å²) in [4.78, 5) is 30.0. The zero-order valence-corrected chi connectivity index (χ0v) is 21.9. The van der Waals surface area contributed by atoms with E-state index in [1.807, 2.05) is 15.9 Å². The Bertz CT molecular complexity index is 1150. The van der Waals surface area contributed by atoms with Gasteiger partial charge in [-0.3, -0.25) is 20.2 Å². The first-order chi connectivity index (χ1) is 17.3. The average Bonchev–Trinajstić information content (AvgIpc) is 2.88. The lowest BCUT2D eigenvalue weighted by molar-refractivity contribution is -0.384. The highest BCUT2D eigenvalue weighted by Gasteiger charge is 2.26. The average molecular weight is 554 g/mol. The van der Waals surface area contributed by atoms with Crippen LogP contribution < -0.4 is 19.9 Å². The number of carbonyl (C=O) groups is 1. The third-order valence-electron chi connectivity index (χ3n) is 6.12. The molecule has 2 aliphatic rings. The largest absolute Gasteiger partial charge is 0.494 e. The van der Waals surface area contributed by atoms with Gasteiger partial charge in [-0.2, -0.15) is 0 Å². The first-order valence-electron chi connectivity index (χ1n) is 11.3. The van der Waals surface area contributed by atoms with Crippen molar-refractivity contribution < 1.29 is 19.2 Å². The van der Waals surface area contributed by atoms with Crippen LogP contribution in [-0.2, 0) is 4.74 Å². The van der Waals surface area contributed by atoms with Crippen LogP contribution in [0.2, 0.25) is 10.0 Å². The van der Waals surface area contributed by atoms with Gasteiger partial charge in [0.05, 0.1) is 35.3 Å². The zero-order valence-electron chi connectivity index (χ0n) is 19.5. The van der Waals surface area contributed by atoms with Crippen molar-refractivity contribution in [3.8, 4) is 5.75 Å². The van der Waals surface area contributed by atoms with Gasteiger partial charge in [0.25, 0.3) is 11.6 Å². The number of nitro benzene ring substituents is 1. The van der Waals surface area contributed by atoms with Crippen LogP contribution in [0, 0.1) is 10.1 Å². The molecular weight excluding hydrogens is 529 g/mol. The SMILES string of the molecule is COc1c(Cl)cc(C(=O)NC(=S)N2CCN(c3ccc([N+](=O)[O-])c(N4CCOCC4)c3)CC2)cc1Cl. The molecule has 0 radical (unpaired) electrons. The molecule has 0 saturated carbocycles. The first-order valence-corrected chi connectivity index (χ1v) is 12.4. The Kier molecular flexibility index (Phi) is 8.35. The van der Waals surface area contributed by atoms with Gasteiger partial charge in [-0.1, -0.05) is 23.2 Å². The lowest BCUT2D eigenvalue weighted by Crippen LogP contribution is -2.52. The van der Waals surface area contributed by atoms with E-state index in [9.17, 15) is 14.9 Å². The maximum absolute atomic E-state index is 12.7. The van der Waals surface area contributed by atoms with Crippen molar-refractivity contribution in [2.45, 2.75) is 0 Å². The van der Waals surface area contributed by atoms with E-state index in [1.165, 1.54) is 19.2 Å². The van der Waals surface area contributed by atoms with E-state index >= 15 is 0 Å². The maximum Gasteiger partial charge on any atom is 0.292 e. The molecule has 2 aromatic rings. The Morgan fingerprint density at radius 3 is 2.28 bits per heavy atom. The lowest BCUT2D eigenvalue weighted by Gasteiger charge is -2.37. The molecule has 13 heteroatoms. The fourth-order valence-corrected chi connectivity index (χ4v) is 5.14. The van der Waals surface area contributed by atoms with Crippen LogP contribution in [0.4, 0.5) is 17.1 Å². The predicted octanol–water partition coefficient (Wildman–Crippen LogP) is 3.58. The van der Waals surface area contributed by atoms with Gasteiger partial charge in [-0.25, -0.2) is 0 Å². The number of anilines is 2. The Balaban J connectivity index is 1.39. The second-order valence-corrected chi connectivity index (χ2v) is 9.44. The normalized spacial score (nSPS) is 16.0. The second-order valence-electron chi connectivity index (χ2n) is 8.24. The second kappa shape index (κ2) is 11.5. The smallest absolute Gasteiger partial charge is 0.292 e. The number of morpholine rings is 1. The number of nitro groups is 1. The van der Waals surface area contributed by atoms with Crippen LogP contribution in [0.5, 0.6) is 5.75 Å². The van der Waals surface area contributed by atoms with Gasteiger partial charge in [0.2, 0.25) is 0 Å². The van der Waals surface area contributed by atoms with Crippen LogP contribution in [0.25, 0.3) is 0 Å². The van der Waals surface area contributed by atoms with Crippen molar-refractivity contribution in [2.24, 2.45) is 0 Å². The molecule has 2 fully saturated rings. The van der Waals surface area contributed by atoms with Crippen molar-refractivity contribution in [2.75, 3.05) is 69.4 Å². The summed E-state index contributed by atoms with van der Waals surface area (Å²) in [6.07, 6.45) is 0. The Hall–Kier alpha value is -2.86. The fraction of sp³-hybridized carbons (Fsp3) is 0.391. The number of halogens is 2. The number of carbonyl (C=O) groups excluding carboxylic acids is 1. The van der Waals surface area contributed by atoms with Gasteiger partial charge in [0.1, 0.15) is 5.69 Å². The number of nitrogens with zero attached hydrogens (tertiary/aromatic N) is 4. The molecule has 36 heavy (non-hydrogen) atoms. The van der Waals surface area contributed by atoms with Crippen LogP contribution in [0.3, 0.4) is 0 Å². The highest BCUT2D eigenvalue weighted by molar-refractivity contribution is 7.80. The first kappa shape index (κ1) is 26.2. The number of hydrogen-bond acceptors (Lipinski definition) is 8. The number of thiocarbonyl (C=S) groups is 1. The number of piperazine rings is 1. The lowest BCUT2D eigenvalue weighted by atomic mass is 10.1. The van der Waals surface area contributed by atoms with E-state index in [-0.39, 0.29) is 26.2 Å². The number of nitrogens with one attached hydrogen (secondary N) is 1. The monoisotopic (exact) mass is 553 g/mol. The number of benzene rings is 2. The van der Waals surface area contributed by atoms with E-state index in [0.717, 1.165) is 5.69 Å². The van der Waals surface area contributed by atoms with Crippen molar-refractivity contribution in [3.05, 3.63) is 56.1 Å². The van der Waals surface area contributed by atoms with Crippen molar-refractivity contribution in [3.63, 3.8) is 0 Å². The molecule has 0 aromatic heterocycles. The minimum Gasteiger partial charge on any atom is -0.494 e. The molecule has 0 bridgehead atoms. The third kappa shape index (κ3) is 5.75. The van der Waals surface area contributed by atoms with Gasteiger partial charge in [0.15, 0.2) is 10.9 Å². The summed E-state index contributed by atoms with van der Waals surface area (Å²) >= 11 is 17.7. The molecule has 0 atom stereocenters. The minimum absolute atomic E-state index is 0.0851. The molecule has 0 spiro atoms. The van der Waals surface area contributed by atoms with Crippen LogP contribution in [-0.4, -0.2) is 80.4 Å². The Morgan fingerprint density at radius 2 is 1.69 bits per heavy atom. The van der Waals surface area contributed by atoms with Gasteiger partial charge in [-0.15, -0.1) is 0 Å². The van der Waals surface area contributed by atoms with E-state index in [2.05, 4.69) is 10.2 Å². The van der Waals surface area contributed by atoms with Gasteiger partial charge < -0.3 is 24.2 Å². The summed E-state index contributed by atoms with van der Waals surface area (Å²) < 4.78 is 10.5. The van der Waals surface area contributed by atoms with E-state index in [1.54, 1.807) is 12.1 Å². The summed E-state index contributed by atoms with van der Waals surface area (Å²) in [5.41, 5.74) is 1.86. The zero-order chi connectivity index (χ0) is 25.8. The van der Waals surface area contributed by atoms with E-state index < -0.39 is 5.91 Å². The summed E-state index contributed by atoms with van der Waals surface area (Å²) in [5, 5.41) is 15.1. The van der Waals surface area contributed by atoms with Crippen molar-refractivity contribution in [1.82, 2.24) is 10.2 Å².